The second kappa shape index (κ2) is 15.1. The van der Waals surface area contributed by atoms with Gasteiger partial charge in [-0.05, 0) is 89.7 Å². The van der Waals surface area contributed by atoms with Crippen molar-refractivity contribution >= 4 is 17.8 Å². The lowest BCUT2D eigenvalue weighted by Crippen LogP contribution is -2.41. The number of amides is 1. The fraction of sp³-hybridized carbons (Fsp3) is 0.541. The highest BCUT2D eigenvalue weighted by molar-refractivity contribution is 5.97. The van der Waals surface area contributed by atoms with Crippen molar-refractivity contribution in [1.82, 2.24) is 5.32 Å². The zero-order valence-corrected chi connectivity index (χ0v) is 27.9. The highest BCUT2D eigenvalue weighted by atomic mass is 19.1. The van der Waals surface area contributed by atoms with Crippen LogP contribution >= 0.6 is 0 Å². The molecule has 2 aliphatic rings. The number of ether oxygens (including phenoxy) is 4. The van der Waals surface area contributed by atoms with Gasteiger partial charge in [0.1, 0.15) is 18.0 Å². The molecule has 0 heterocycles. The number of nitrogens with one attached hydrogen (secondary N) is 1. The Balaban J connectivity index is 1.42. The van der Waals surface area contributed by atoms with Crippen LogP contribution in [0.4, 0.5) is 4.39 Å². The van der Waals surface area contributed by atoms with Crippen LogP contribution in [0.1, 0.15) is 89.1 Å². The average Bonchev–Trinajstić information content (AvgIpc) is 3.03. The van der Waals surface area contributed by atoms with E-state index in [2.05, 4.69) is 18.3 Å². The van der Waals surface area contributed by atoms with Crippen molar-refractivity contribution in [2.24, 2.45) is 23.2 Å². The number of rotatable bonds is 11. The molecule has 0 aliphatic heterocycles. The van der Waals surface area contributed by atoms with Crippen molar-refractivity contribution in [1.29, 1.82) is 0 Å². The molecule has 0 aromatic heterocycles. The Labute approximate surface area is 272 Å². The summed E-state index contributed by atoms with van der Waals surface area (Å²) in [6, 6.07) is 12.0. The van der Waals surface area contributed by atoms with Crippen LogP contribution in [0.5, 0.6) is 11.5 Å². The molecule has 0 unspecified atom stereocenters. The van der Waals surface area contributed by atoms with Crippen molar-refractivity contribution in [3.05, 3.63) is 71.6 Å². The normalized spacial score (nSPS) is 24.5. The Morgan fingerprint density at radius 1 is 1.04 bits per heavy atom. The molecule has 2 aliphatic carbocycles. The van der Waals surface area contributed by atoms with Crippen LogP contribution in [0.15, 0.2) is 54.6 Å². The van der Waals surface area contributed by atoms with Gasteiger partial charge < -0.3 is 24.3 Å². The summed E-state index contributed by atoms with van der Waals surface area (Å²) in [7, 11) is 1.38. The maximum absolute atomic E-state index is 15.1. The van der Waals surface area contributed by atoms with Crippen LogP contribution in [0.25, 0.3) is 0 Å². The van der Waals surface area contributed by atoms with E-state index < -0.39 is 28.7 Å². The first-order valence-electron chi connectivity index (χ1n) is 16.3. The lowest BCUT2D eigenvalue weighted by Gasteiger charge is -2.37. The Morgan fingerprint density at radius 2 is 1.74 bits per heavy atom. The van der Waals surface area contributed by atoms with Gasteiger partial charge in [0.15, 0.2) is 11.6 Å². The first kappa shape index (κ1) is 35.0. The van der Waals surface area contributed by atoms with E-state index in [0.29, 0.717) is 32.1 Å². The van der Waals surface area contributed by atoms with Crippen molar-refractivity contribution in [2.75, 3.05) is 13.7 Å². The molecule has 1 N–H and O–H groups in total. The minimum atomic E-state index is -0.640. The van der Waals surface area contributed by atoms with Crippen molar-refractivity contribution in [3.8, 4) is 11.5 Å². The molecule has 9 heteroatoms. The van der Waals surface area contributed by atoms with Gasteiger partial charge in [0.2, 0.25) is 0 Å². The van der Waals surface area contributed by atoms with Crippen LogP contribution in [-0.2, 0) is 25.7 Å². The smallest absolute Gasteiger partial charge is 0.312 e. The molecular weight excluding hydrogens is 589 g/mol. The molecule has 4 rings (SSSR count). The molecule has 3 atom stereocenters. The van der Waals surface area contributed by atoms with E-state index in [1.165, 1.54) is 13.2 Å². The molecular formula is C37H48FNO7. The van der Waals surface area contributed by atoms with E-state index in [-0.39, 0.29) is 60.1 Å². The lowest BCUT2D eigenvalue weighted by molar-refractivity contribution is -0.169. The Bertz CT molecular complexity index is 1390. The zero-order chi connectivity index (χ0) is 33.5. The highest BCUT2D eigenvalue weighted by Gasteiger charge is 2.41. The molecule has 2 aromatic rings. The van der Waals surface area contributed by atoms with Crippen molar-refractivity contribution in [2.45, 2.75) is 91.5 Å². The van der Waals surface area contributed by atoms with Gasteiger partial charge in [-0.15, -0.1) is 0 Å². The van der Waals surface area contributed by atoms with E-state index in [9.17, 15) is 14.4 Å². The number of carbonyl (C=O) groups is 3. The number of halogens is 1. The molecule has 8 nitrogen and oxygen atoms in total. The number of hydrogen-bond acceptors (Lipinski definition) is 7. The van der Waals surface area contributed by atoms with Crippen LogP contribution < -0.4 is 14.8 Å². The summed E-state index contributed by atoms with van der Waals surface area (Å²) in [5.41, 5.74) is -0.164. The molecule has 0 saturated heterocycles. The predicted octanol–water partition coefficient (Wildman–Crippen LogP) is 7.20. The molecule has 0 bridgehead atoms. The Morgan fingerprint density at radius 3 is 2.37 bits per heavy atom. The van der Waals surface area contributed by atoms with Crippen LogP contribution in [0, 0.1) is 29.0 Å². The van der Waals surface area contributed by atoms with Crippen molar-refractivity contribution < 1.29 is 37.7 Å². The molecule has 46 heavy (non-hydrogen) atoms. The predicted molar refractivity (Wildman–Crippen MR) is 173 cm³/mol. The van der Waals surface area contributed by atoms with Gasteiger partial charge in [-0.3, -0.25) is 14.4 Å². The highest BCUT2D eigenvalue weighted by Crippen LogP contribution is 2.40. The van der Waals surface area contributed by atoms with Gasteiger partial charge in [0, 0.05) is 12.6 Å². The minimum absolute atomic E-state index is 0.0498. The first-order valence-corrected chi connectivity index (χ1v) is 16.3. The first-order chi connectivity index (χ1) is 21.8. The number of benzene rings is 2. The molecule has 250 valence electrons. The summed E-state index contributed by atoms with van der Waals surface area (Å²) in [6.45, 7) is 9.90. The van der Waals surface area contributed by atoms with Gasteiger partial charge in [-0.25, -0.2) is 4.39 Å². The fourth-order valence-electron chi connectivity index (χ4n) is 6.26. The molecule has 0 spiro atoms. The van der Waals surface area contributed by atoms with Gasteiger partial charge >= 0.3 is 11.9 Å². The number of carbonyl (C=O) groups excluding carboxylic acids is 3. The third-order valence-corrected chi connectivity index (χ3v) is 9.06. The molecule has 1 saturated carbocycles. The minimum Gasteiger partial charge on any atom is -0.496 e. The topological polar surface area (TPSA) is 100 Å². The van der Waals surface area contributed by atoms with Gasteiger partial charge in [0.05, 0.1) is 30.1 Å². The molecule has 1 fully saturated rings. The summed E-state index contributed by atoms with van der Waals surface area (Å²) in [5, 5.41) is 2.97. The van der Waals surface area contributed by atoms with Gasteiger partial charge in [0.25, 0.3) is 5.91 Å². The number of esters is 2. The van der Waals surface area contributed by atoms with E-state index in [0.717, 1.165) is 18.1 Å². The second-order valence-electron chi connectivity index (χ2n) is 13.7. The summed E-state index contributed by atoms with van der Waals surface area (Å²) in [4.78, 5) is 39.5. The van der Waals surface area contributed by atoms with E-state index in [1.54, 1.807) is 0 Å². The quantitative estimate of drug-likeness (QED) is 0.206. The molecule has 0 radical (unpaired) electrons. The molecule has 1 amide bonds. The maximum atomic E-state index is 15.1. The van der Waals surface area contributed by atoms with Crippen LogP contribution in [0.3, 0.4) is 0 Å². The van der Waals surface area contributed by atoms with Gasteiger partial charge in [-0.2, -0.15) is 0 Å². The van der Waals surface area contributed by atoms with Gasteiger partial charge in [-0.1, -0.05) is 49.4 Å². The van der Waals surface area contributed by atoms with E-state index in [4.69, 9.17) is 18.9 Å². The van der Waals surface area contributed by atoms with Crippen molar-refractivity contribution in [3.63, 3.8) is 0 Å². The average molecular weight is 638 g/mol. The number of methoxy groups -OCH3 is 1. The summed E-state index contributed by atoms with van der Waals surface area (Å²) >= 11 is 0. The standard InChI is InChI=1S/C37H48FNO7/c1-7-25-14-11-15-27(34(41)44-23-24-12-9-8-10-13-24)29(25)22-39-33(40)28-20-32(30(38)21-31(28)43-6)45-26-16-18-37(5,19-17-26)35(42)46-36(2,3)4/h8-14,20-21,25-27,29H,7,15-19,22-23H2,1-6H3,(H,39,40)/t25-,26-,27+,29-,37+/m0/s1. The monoisotopic (exact) mass is 637 g/mol. The lowest BCUT2D eigenvalue weighted by atomic mass is 9.74. The van der Waals surface area contributed by atoms with Crippen LogP contribution in [0.2, 0.25) is 0 Å². The molecule has 2 aromatic carbocycles. The third-order valence-electron chi connectivity index (χ3n) is 9.06. The largest absolute Gasteiger partial charge is 0.496 e. The SMILES string of the molecule is CC[C@H]1C=CC[C@@H](C(=O)OCc2ccccc2)[C@H]1CNC(=O)c1cc(O[C@H]2CC[C@@](C)(C(=O)OC(C)(C)C)CC2)c(F)cc1OC. The summed E-state index contributed by atoms with van der Waals surface area (Å²) < 4.78 is 37.9. The third kappa shape index (κ3) is 8.89. The van der Waals surface area contributed by atoms with E-state index >= 15 is 4.39 Å². The maximum Gasteiger partial charge on any atom is 0.312 e. The Hall–Kier alpha value is -3.88. The number of allylic oxidation sites excluding steroid dienone is 2. The Kier molecular flexibility index (Phi) is 11.5. The summed E-state index contributed by atoms with van der Waals surface area (Å²) in [6.07, 6.45) is 7.27. The number of hydrogen-bond donors (Lipinski definition) is 1. The summed E-state index contributed by atoms with van der Waals surface area (Å²) in [5.74, 6) is -2.10. The zero-order valence-electron chi connectivity index (χ0n) is 27.9. The van der Waals surface area contributed by atoms with Crippen LogP contribution in [-0.4, -0.2) is 43.2 Å². The fourth-order valence-corrected chi connectivity index (χ4v) is 6.26. The second-order valence-corrected chi connectivity index (χ2v) is 13.7. The van der Waals surface area contributed by atoms with E-state index in [1.807, 2.05) is 64.1 Å².